The number of hydrogen-bond donors (Lipinski definition) is 1. The van der Waals surface area contributed by atoms with Crippen molar-refractivity contribution in [1.29, 1.82) is 0 Å². The topological polar surface area (TPSA) is 66.5 Å². The van der Waals surface area contributed by atoms with Gasteiger partial charge in [0.05, 0.1) is 16.3 Å². The van der Waals surface area contributed by atoms with Crippen LogP contribution in [0, 0.1) is 5.82 Å². The number of anilines is 2. The van der Waals surface area contributed by atoms with E-state index in [4.69, 9.17) is 0 Å². The number of sulfonamides is 1. The van der Waals surface area contributed by atoms with Gasteiger partial charge in [-0.3, -0.25) is 9.10 Å². The van der Waals surface area contributed by atoms with Crippen molar-refractivity contribution in [2.45, 2.75) is 21.6 Å². The molecule has 0 heterocycles. The predicted octanol–water partition coefficient (Wildman–Crippen LogP) is 5.49. The van der Waals surface area contributed by atoms with Gasteiger partial charge in [0.15, 0.2) is 0 Å². The summed E-state index contributed by atoms with van der Waals surface area (Å²) < 4.78 is 41.7. The molecule has 0 aliphatic carbocycles. The Morgan fingerprint density at radius 2 is 1.75 bits per heavy atom. The second kappa shape index (κ2) is 10.9. The van der Waals surface area contributed by atoms with E-state index in [0.717, 1.165) is 25.9 Å². The maximum atomic E-state index is 13.9. The van der Waals surface area contributed by atoms with Crippen LogP contribution in [0.15, 0.2) is 87.5 Å². The van der Waals surface area contributed by atoms with Gasteiger partial charge in [-0.25, -0.2) is 12.8 Å². The van der Waals surface area contributed by atoms with Gasteiger partial charge in [-0.15, -0.1) is 23.5 Å². The molecule has 3 rings (SSSR count). The molecule has 0 atom stereocenters. The second-order valence-corrected chi connectivity index (χ2v) is 10.7. The Bertz CT molecular complexity index is 1190. The van der Waals surface area contributed by atoms with Crippen LogP contribution in [-0.4, -0.2) is 32.9 Å². The lowest BCUT2D eigenvalue weighted by Crippen LogP contribution is -2.38. The van der Waals surface area contributed by atoms with Crippen LogP contribution in [0.1, 0.15) is 6.92 Å². The van der Waals surface area contributed by atoms with E-state index in [9.17, 15) is 17.6 Å². The molecule has 9 heteroatoms. The Kier molecular flexibility index (Phi) is 8.22. The largest absolute Gasteiger partial charge is 0.323 e. The van der Waals surface area contributed by atoms with Crippen LogP contribution in [0.3, 0.4) is 0 Å². The van der Waals surface area contributed by atoms with Gasteiger partial charge < -0.3 is 5.32 Å². The summed E-state index contributed by atoms with van der Waals surface area (Å²) in [5.74, 6) is -0.295. The fraction of sp³-hybridized carbons (Fsp3) is 0.174. The summed E-state index contributed by atoms with van der Waals surface area (Å²) in [6.45, 7) is 1.50. The highest BCUT2D eigenvalue weighted by Gasteiger charge is 2.27. The van der Waals surface area contributed by atoms with Crippen molar-refractivity contribution in [1.82, 2.24) is 0 Å². The maximum Gasteiger partial charge on any atom is 0.264 e. The summed E-state index contributed by atoms with van der Waals surface area (Å²) in [5.41, 5.74) is 0.676. The van der Waals surface area contributed by atoms with Gasteiger partial charge in [0.2, 0.25) is 5.91 Å². The minimum absolute atomic E-state index is 0.0225. The molecule has 0 spiro atoms. The molecule has 168 valence electrons. The van der Waals surface area contributed by atoms with E-state index in [2.05, 4.69) is 5.32 Å². The fourth-order valence-corrected chi connectivity index (χ4v) is 5.57. The zero-order valence-electron chi connectivity index (χ0n) is 17.6. The molecule has 3 aromatic carbocycles. The van der Waals surface area contributed by atoms with Crippen LogP contribution < -0.4 is 9.62 Å². The molecule has 0 bridgehead atoms. The number of thioether (sulfide) groups is 2. The van der Waals surface area contributed by atoms with Crippen molar-refractivity contribution in [3.8, 4) is 0 Å². The van der Waals surface area contributed by atoms with Gasteiger partial charge in [0.25, 0.3) is 10.0 Å². The third-order valence-corrected chi connectivity index (χ3v) is 7.98. The summed E-state index contributed by atoms with van der Waals surface area (Å²) in [7, 11) is -4.11. The molecule has 0 saturated carbocycles. The molecule has 0 saturated heterocycles. The lowest BCUT2D eigenvalue weighted by Gasteiger charge is -2.24. The first-order valence-corrected chi connectivity index (χ1v) is 13.4. The number of nitrogens with zero attached hydrogens (tertiary/aromatic N) is 1. The van der Waals surface area contributed by atoms with E-state index in [-0.39, 0.29) is 10.6 Å². The Morgan fingerprint density at radius 1 is 1.03 bits per heavy atom. The molecule has 0 aliphatic heterocycles. The van der Waals surface area contributed by atoms with Crippen molar-refractivity contribution in [2.75, 3.05) is 28.2 Å². The Morgan fingerprint density at radius 3 is 2.41 bits per heavy atom. The number of para-hydroxylation sites is 1. The average Bonchev–Trinajstić information content (AvgIpc) is 2.79. The molecule has 0 radical (unpaired) electrons. The maximum absolute atomic E-state index is 13.9. The minimum Gasteiger partial charge on any atom is -0.323 e. The third-order valence-electron chi connectivity index (χ3n) is 4.49. The molecular weight excluding hydrogens is 467 g/mol. The first-order valence-electron chi connectivity index (χ1n) is 9.79. The van der Waals surface area contributed by atoms with Gasteiger partial charge >= 0.3 is 0 Å². The number of benzene rings is 3. The van der Waals surface area contributed by atoms with Gasteiger partial charge in [0, 0.05) is 9.79 Å². The molecule has 32 heavy (non-hydrogen) atoms. The van der Waals surface area contributed by atoms with Crippen LogP contribution in [0.25, 0.3) is 0 Å². The van der Waals surface area contributed by atoms with Crippen molar-refractivity contribution in [3.05, 3.63) is 78.6 Å². The van der Waals surface area contributed by atoms with Crippen molar-refractivity contribution >= 4 is 50.8 Å². The second-order valence-electron chi connectivity index (χ2n) is 6.64. The van der Waals surface area contributed by atoms with Crippen LogP contribution in [0.2, 0.25) is 0 Å². The first kappa shape index (κ1) is 24.2. The van der Waals surface area contributed by atoms with Crippen molar-refractivity contribution < 1.29 is 17.6 Å². The highest BCUT2D eigenvalue weighted by atomic mass is 32.2. The van der Waals surface area contributed by atoms with E-state index < -0.39 is 28.3 Å². The van der Waals surface area contributed by atoms with Gasteiger partial charge in [-0.2, -0.15) is 0 Å². The number of hydrogen-bond acceptors (Lipinski definition) is 5. The number of rotatable bonds is 9. The molecule has 5 nitrogen and oxygen atoms in total. The van der Waals surface area contributed by atoms with Crippen LogP contribution in [0.5, 0.6) is 0 Å². The number of amides is 1. The molecule has 0 unspecified atom stereocenters. The molecule has 0 aromatic heterocycles. The zero-order valence-corrected chi connectivity index (χ0v) is 20.1. The summed E-state index contributed by atoms with van der Waals surface area (Å²) in [6.07, 6.45) is 1.89. The number of nitrogens with one attached hydrogen (secondary N) is 1. The third kappa shape index (κ3) is 5.85. The fourth-order valence-electron chi connectivity index (χ4n) is 2.99. The number of halogens is 1. The summed E-state index contributed by atoms with van der Waals surface area (Å²) in [6, 6.07) is 18.9. The SMILES string of the molecule is CCSc1ccccc1NC(=O)CN(c1cccc(F)c1)S(=O)(=O)c1ccc(SC)cc1. The molecule has 0 aliphatic rings. The Labute approximate surface area is 196 Å². The van der Waals surface area contributed by atoms with Gasteiger partial charge in [0.1, 0.15) is 12.4 Å². The summed E-state index contributed by atoms with van der Waals surface area (Å²) in [5, 5.41) is 2.79. The number of carbonyl (C=O) groups is 1. The van der Waals surface area contributed by atoms with Crippen LogP contribution >= 0.6 is 23.5 Å². The highest BCUT2D eigenvalue weighted by Crippen LogP contribution is 2.28. The molecular formula is C23H23FN2O3S3. The molecule has 1 N–H and O–H groups in total. The van der Waals surface area contributed by atoms with Crippen molar-refractivity contribution in [3.63, 3.8) is 0 Å². The van der Waals surface area contributed by atoms with Crippen LogP contribution in [-0.2, 0) is 14.8 Å². The van der Waals surface area contributed by atoms with Gasteiger partial charge in [-0.05, 0) is 66.6 Å². The normalized spacial score (nSPS) is 11.2. The highest BCUT2D eigenvalue weighted by molar-refractivity contribution is 7.99. The molecule has 3 aromatic rings. The quantitative estimate of drug-likeness (QED) is 0.402. The minimum atomic E-state index is -4.11. The first-order chi connectivity index (χ1) is 15.3. The molecule has 1 amide bonds. The summed E-state index contributed by atoms with van der Waals surface area (Å²) >= 11 is 3.06. The molecule has 0 fully saturated rings. The number of carbonyl (C=O) groups excluding carboxylic acids is 1. The zero-order chi connectivity index (χ0) is 23.1. The Balaban J connectivity index is 1.94. The van der Waals surface area contributed by atoms with E-state index in [0.29, 0.717) is 5.69 Å². The van der Waals surface area contributed by atoms with E-state index in [1.165, 1.54) is 42.1 Å². The lowest BCUT2D eigenvalue weighted by molar-refractivity contribution is -0.114. The average molecular weight is 491 g/mol. The van der Waals surface area contributed by atoms with Gasteiger partial charge in [-0.1, -0.05) is 25.1 Å². The predicted molar refractivity (Wildman–Crippen MR) is 131 cm³/mol. The van der Waals surface area contributed by atoms with Crippen molar-refractivity contribution in [2.24, 2.45) is 0 Å². The standard InChI is InChI=1S/C23H23FN2O3S3/c1-3-31-22-10-5-4-9-21(22)25-23(27)16-26(18-8-6-7-17(24)15-18)32(28,29)20-13-11-19(30-2)12-14-20/h4-15H,3,16H2,1-2H3,(H,25,27). The van der Waals surface area contributed by atoms with E-state index in [1.54, 1.807) is 36.0 Å². The van der Waals surface area contributed by atoms with E-state index >= 15 is 0 Å². The smallest absolute Gasteiger partial charge is 0.264 e. The van der Waals surface area contributed by atoms with Crippen LogP contribution in [0.4, 0.5) is 15.8 Å². The Hall–Kier alpha value is -2.49. The van der Waals surface area contributed by atoms with E-state index in [1.807, 2.05) is 25.3 Å². The lowest BCUT2D eigenvalue weighted by atomic mass is 10.3. The monoisotopic (exact) mass is 490 g/mol. The summed E-state index contributed by atoms with van der Waals surface area (Å²) in [4.78, 5) is 14.7.